The van der Waals surface area contributed by atoms with Gasteiger partial charge in [-0.2, -0.15) is 0 Å². The summed E-state index contributed by atoms with van der Waals surface area (Å²) in [6.07, 6.45) is 1.70. The first kappa shape index (κ1) is 10.9. The van der Waals surface area contributed by atoms with Gasteiger partial charge in [0.15, 0.2) is 0 Å². The summed E-state index contributed by atoms with van der Waals surface area (Å²) < 4.78 is 0. The molecule has 1 heterocycles. The molecule has 1 aromatic heterocycles. The van der Waals surface area contributed by atoms with Crippen molar-refractivity contribution in [3.05, 3.63) is 17.5 Å². The topological polar surface area (TPSA) is 77.8 Å². The maximum atomic E-state index is 5.60. The van der Waals surface area contributed by atoms with Crippen molar-refractivity contribution in [3.8, 4) is 0 Å². The largest absolute Gasteiger partial charge is 0.368 e. The van der Waals surface area contributed by atoms with Crippen LogP contribution in [0.1, 0.15) is 25.2 Å². The predicted molar refractivity (Wildman–Crippen MR) is 57.7 cm³/mol. The van der Waals surface area contributed by atoms with Crippen LogP contribution in [0.5, 0.6) is 0 Å². The first-order valence-corrected chi connectivity index (χ1v) is 4.94. The summed E-state index contributed by atoms with van der Waals surface area (Å²) >= 11 is 0. The van der Waals surface area contributed by atoms with Crippen LogP contribution in [0.15, 0.2) is 6.07 Å². The lowest BCUT2D eigenvalue weighted by Crippen LogP contribution is -2.09. The van der Waals surface area contributed by atoms with E-state index in [1.165, 1.54) is 0 Å². The molecule has 0 saturated carbocycles. The monoisotopic (exact) mass is 194 g/mol. The van der Waals surface area contributed by atoms with Crippen LogP contribution in [-0.4, -0.2) is 16.5 Å². The summed E-state index contributed by atoms with van der Waals surface area (Å²) in [4.78, 5) is 8.30. The summed E-state index contributed by atoms with van der Waals surface area (Å²) in [6.45, 7) is 4.90. The molecule has 0 aliphatic rings. The van der Waals surface area contributed by atoms with Crippen LogP contribution in [0.3, 0.4) is 0 Å². The fraction of sp³-hybridized carbons (Fsp3) is 0.600. The zero-order chi connectivity index (χ0) is 10.6. The molecule has 0 aromatic carbocycles. The first-order chi connectivity index (χ1) is 6.61. The normalized spacial score (nSPS) is 10.9. The lowest BCUT2D eigenvalue weighted by Gasteiger charge is -2.06. The fourth-order valence-corrected chi connectivity index (χ4v) is 1.37. The van der Waals surface area contributed by atoms with E-state index >= 15 is 0 Å². The van der Waals surface area contributed by atoms with Crippen molar-refractivity contribution in [3.63, 3.8) is 0 Å². The van der Waals surface area contributed by atoms with Crippen LogP contribution in [0.25, 0.3) is 0 Å². The highest BCUT2D eigenvalue weighted by molar-refractivity contribution is 5.23. The highest BCUT2D eigenvalue weighted by Crippen LogP contribution is 2.08. The lowest BCUT2D eigenvalue weighted by molar-refractivity contribution is 0.633. The average molecular weight is 194 g/mol. The van der Waals surface area contributed by atoms with Crippen molar-refractivity contribution >= 4 is 5.95 Å². The molecule has 4 N–H and O–H groups in total. The molecule has 1 rings (SSSR count). The highest BCUT2D eigenvalue weighted by atomic mass is 15.0. The summed E-state index contributed by atoms with van der Waals surface area (Å²) in [5.74, 6) is 0.932. The second-order valence-corrected chi connectivity index (χ2v) is 3.85. The molecule has 4 nitrogen and oxygen atoms in total. The van der Waals surface area contributed by atoms with E-state index in [1.54, 1.807) is 0 Å². The maximum absolute atomic E-state index is 5.60. The summed E-state index contributed by atoms with van der Waals surface area (Å²) in [5.41, 5.74) is 13.0. The van der Waals surface area contributed by atoms with Gasteiger partial charge < -0.3 is 11.5 Å². The molecule has 1 aromatic rings. The molecule has 0 aliphatic carbocycles. The van der Waals surface area contributed by atoms with E-state index in [-0.39, 0.29) is 0 Å². The Morgan fingerprint density at radius 1 is 1.29 bits per heavy atom. The summed E-state index contributed by atoms with van der Waals surface area (Å²) in [7, 11) is 0. The number of anilines is 1. The standard InChI is InChI=1S/C10H18N4/c1-7(2)5-9-6-8(3-4-11)13-10(12)14-9/h6-7H,3-5,11H2,1-2H3,(H2,12,13,14). The number of nitrogens with two attached hydrogens (primary N) is 2. The van der Waals surface area contributed by atoms with Crippen LogP contribution < -0.4 is 11.5 Å². The number of nitrogens with zero attached hydrogens (tertiary/aromatic N) is 2. The zero-order valence-corrected chi connectivity index (χ0v) is 8.83. The van der Waals surface area contributed by atoms with Gasteiger partial charge in [-0.25, -0.2) is 9.97 Å². The Bertz CT molecular complexity index is 296. The van der Waals surface area contributed by atoms with E-state index in [4.69, 9.17) is 11.5 Å². The van der Waals surface area contributed by atoms with Gasteiger partial charge in [-0.05, 0) is 24.9 Å². The third kappa shape index (κ3) is 3.30. The minimum atomic E-state index is 0.353. The number of rotatable bonds is 4. The zero-order valence-electron chi connectivity index (χ0n) is 8.83. The molecular formula is C10H18N4. The minimum Gasteiger partial charge on any atom is -0.368 e. The smallest absolute Gasteiger partial charge is 0.220 e. The second-order valence-electron chi connectivity index (χ2n) is 3.85. The maximum Gasteiger partial charge on any atom is 0.220 e. The van der Waals surface area contributed by atoms with Crippen LogP contribution >= 0.6 is 0 Å². The Hall–Kier alpha value is -1.16. The van der Waals surface area contributed by atoms with E-state index in [2.05, 4.69) is 23.8 Å². The van der Waals surface area contributed by atoms with Gasteiger partial charge in [-0.3, -0.25) is 0 Å². The second kappa shape index (κ2) is 4.91. The number of hydrogen-bond acceptors (Lipinski definition) is 4. The van der Waals surface area contributed by atoms with Crippen LogP contribution in [-0.2, 0) is 12.8 Å². The predicted octanol–water partition coefficient (Wildman–Crippen LogP) is 0.759. The molecule has 4 heteroatoms. The number of nitrogen functional groups attached to an aromatic ring is 1. The molecule has 78 valence electrons. The molecule has 0 amide bonds. The van der Waals surface area contributed by atoms with Crippen molar-refractivity contribution in [2.75, 3.05) is 12.3 Å². The molecular weight excluding hydrogens is 176 g/mol. The molecule has 0 aliphatic heterocycles. The number of aromatic nitrogens is 2. The molecule has 0 radical (unpaired) electrons. The van der Waals surface area contributed by atoms with Gasteiger partial charge in [-0.1, -0.05) is 13.8 Å². The van der Waals surface area contributed by atoms with E-state index < -0.39 is 0 Å². The molecule has 0 saturated heterocycles. The molecule has 0 unspecified atom stereocenters. The van der Waals surface area contributed by atoms with Crippen LogP contribution in [0.4, 0.5) is 5.95 Å². The first-order valence-electron chi connectivity index (χ1n) is 4.94. The van der Waals surface area contributed by atoms with Gasteiger partial charge in [0.1, 0.15) is 0 Å². The van der Waals surface area contributed by atoms with Gasteiger partial charge in [-0.15, -0.1) is 0 Å². The van der Waals surface area contributed by atoms with Crippen molar-refractivity contribution in [2.24, 2.45) is 11.7 Å². The van der Waals surface area contributed by atoms with Gasteiger partial charge in [0.05, 0.1) is 0 Å². The van der Waals surface area contributed by atoms with Crippen molar-refractivity contribution < 1.29 is 0 Å². The fourth-order valence-electron chi connectivity index (χ4n) is 1.37. The Labute approximate surface area is 84.7 Å². The summed E-state index contributed by atoms with van der Waals surface area (Å²) in [6, 6.07) is 1.99. The van der Waals surface area contributed by atoms with Crippen molar-refractivity contribution in [1.82, 2.24) is 9.97 Å². The molecule has 0 bridgehead atoms. The lowest BCUT2D eigenvalue weighted by atomic mass is 10.1. The quantitative estimate of drug-likeness (QED) is 0.741. The van der Waals surface area contributed by atoms with Gasteiger partial charge in [0.2, 0.25) is 5.95 Å². The Kier molecular flexibility index (Phi) is 3.83. The number of hydrogen-bond donors (Lipinski definition) is 2. The van der Waals surface area contributed by atoms with E-state index in [0.717, 1.165) is 24.2 Å². The SMILES string of the molecule is CC(C)Cc1cc(CCN)nc(N)n1. The average Bonchev–Trinajstić information content (AvgIpc) is 2.01. The van der Waals surface area contributed by atoms with Crippen molar-refractivity contribution in [2.45, 2.75) is 26.7 Å². The van der Waals surface area contributed by atoms with Crippen LogP contribution in [0, 0.1) is 5.92 Å². The third-order valence-electron chi connectivity index (χ3n) is 1.87. The van der Waals surface area contributed by atoms with E-state index in [1.807, 2.05) is 6.07 Å². The Balaban J connectivity index is 2.83. The molecule has 14 heavy (non-hydrogen) atoms. The summed E-state index contributed by atoms with van der Waals surface area (Å²) in [5, 5.41) is 0. The third-order valence-corrected chi connectivity index (χ3v) is 1.87. The highest BCUT2D eigenvalue weighted by Gasteiger charge is 2.03. The van der Waals surface area contributed by atoms with E-state index in [0.29, 0.717) is 18.4 Å². The minimum absolute atomic E-state index is 0.353. The van der Waals surface area contributed by atoms with Crippen molar-refractivity contribution in [1.29, 1.82) is 0 Å². The Morgan fingerprint density at radius 3 is 2.50 bits per heavy atom. The van der Waals surface area contributed by atoms with Crippen LogP contribution in [0.2, 0.25) is 0 Å². The molecule has 0 atom stereocenters. The molecule has 0 fully saturated rings. The van der Waals surface area contributed by atoms with E-state index in [9.17, 15) is 0 Å². The van der Waals surface area contributed by atoms with Gasteiger partial charge in [0.25, 0.3) is 0 Å². The van der Waals surface area contributed by atoms with Gasteiger partial charge in [0, 0.05) is 17.8 Å². The Morgan fingerprint density at radius 2 is 1.93 bits per heavy atom. The van der Waals surface area contributed by atoms with Gasteiger partial charge >= 0.3 is 0 Å². The molecule has 0 spiro atoms.